The molecule has 0 aromatic carbocycles. The summed E-state index contributed by atoms with van der Waals surface area (Å²) in [7, 11) is 0. The van der Waals surface area contributed by atoms with E-state index in [1.54, 1.807) is 0 Å². The molecule has 0 unspecified atom stereocenters. The molecule has 7 heteroatoms. The van der Waals surface area contributed by atoms with Gasteiger partial charge in [0, 0.05) is 16.5 Å². The average Bonchev–Trinajstić information content (AvgIpc) is 0.811. The Labute approximate surface area is 50.1 Å². The molecule has 50 valence electrons. The minimum Gasteiger partial charge on any atom is -0.356 e. The Morgan fingerprint density at radius 1 is 1.14 bits per heavy atom. The van der Waals surface area contributed by atoms with Gasteiger partial charge in [-0.25, -0.2) is 0 Å². The molecular weight excluding hydrogens is 149 g/mol. The fourth-order valence-corrected chi connectivity index (χ4v) is 0. The number of hydrogen-bond acceptors (Lipinski definition) is 5. The van der Waals surface area contributed by atoms with Gasteiger partial charge in [0.15, 0.2) is 0 Å². The van der Waals surface area contributed by atoms with E-state index in [9.17, 15) is 0 Å². The summed E-state index contributed by atoms with van der Waals surface area (Å²) >= 11 is 0. The summed E-state index contributed by atoms with van der Waals surface area (Å²) in [6.07, 6.45) is 0. The Bertz CT molecular complexity index is 33.2. The third-order valence-corrected chi connectivity index (χ3v) is 0. The molecule has 0 aromatic heterocycles. The van der Waals surface area contributed by atoms with Crippen LogP contribution in [0.3, 0.4) is 0 Å². The number of rotatable bonds is 0. The predicted octanol–water partition coefficient (Wildman–Crippen LogP) is 0.0824. The zero-order chi connectivity index (χ0) is 3.58. The summed E-state index contributed by atoms with van der Waals surface area (Å²) in [6, 6.07) is 0. The van der Waals surface area contributed by atoms with Crippen molar-refractivity contribution >= 4 is 0 Å². The van der Waals surface area contributed by atoms with Crippen LogP contribution in [-0.2, 0) is 16.5 Å². The van der Waals surface area contributed by atoms with Gasteiger partial charge in [-0.3, -0.25) is 0 Å². The van der Waals surface area contributed by atoms with E-state index in [2.05, 4.69) is 0 Å². The van der Waals surface area contributed by atoms with Gasteiger partial charge in [-0.2, -0.15) is 0 Å². The molecule has 0 radical (unpaired) electrons. The van der Waals surface area contributed by atoms with Crippen molar-refractivity contribution in [2.45, 2.75) is 0 Å². The fourth-order valence-electron chi connectivity index (χ4n) is 0. The smallest absolute Gasteiger partial charge is 0.0689 e. The van der Waals surface area contributed by atoms with Crippen molar-refractivity contribution in [2.75, 3.05) is 0 Å². The van der Waals surface area contributed by atoms with E-state index in [1.807, 2.05) is 0 Å². The molecule has 0 bridgehead atoms. The fraction of sp³-hybridized carbons (Fsp3) is 0. The van der Waals surface area contributed by atoms with Crippen LogP contribution in [-0.4, -0.2) is 5.09 Å². The maximum atomic E-state index is 8.25. The van der Waals surface area contributed by atoms with Crippen LogP contribution in [0.5, 0.6) is 0 Å². The van der Waals surface area contributed by atoms with Crippen LogP contribution in [0.2, 0.25) is 0 Å². The molecule has 0 atom stereocenters. The van der Waals surface area contributed by atoms with Gasteiger partial charge in [-0.1, -0.05) is 0 Å². The minimum absolute atomic E-state index is 0. The van der Waals surface area contributed by atoms with Gasteiger partial charge in [0.2, 0.25) is 0 Å². The summed E-state index contributed by atoms with van der Waals surface area (Å²) in [5, 5.41) is 14.8. The van der Waals surface area contributed by atoms with E-state index in [4.69, 9.17) is 15.3 Å². The molecule has 6 nitrogen and oxygen atoms in total. The summed E-state index contributed by atoms with van der Waals surface area (Å²) in [5.41, 5.74) is 0. The quantitative estimate of drug-likeness (QED) is 0.289. The molecule has 0 aliphatic carbocycles. The van der Waals surface area contributed by atoms with Crippen LogP contribution < -0.4 is 12.3 Å². The summed E-state index contributed by atoms with van der Waals surface area (Å²) in [4.78, 5) is 8.25. The summed E-state index contributed by atoms with van der Waals surface area (Å²) in [6.45, 7) is 0. The van der Waals surface area contributed by atoms with Crippen LogP contribution in [0.1, 0.15) is 0 Å². The molecule has 7 heavy (non-hydrogen) atoms. The van der Waals surface area contributed by atoms with Crippen LogP contribution in [0, 0.1) is 15.3 Å². The van der Waals surface area contributed by atoms with Gasteiger partial charge in [-0.05, 0) is 0 Å². The van der Waals surface area contributed by atoms with Crippen LogP contribution in [0.15, 0.2) is 0 Å². The molecule has 0 heterocycles. The second kappa shape index (κ2) is 17.5. The Morgan fingerprint density at radius 3 is 1.14 bits per heavy atom. The minimum atomic E-state index is -1.75. The third-order valence-electron chi connectivity index (χ3n) is 0. The maximum Gasteiger partial charge on any atom is 0.0689 e. The molecule has 0 saturated carbocycles. The van der Waals surface area contributed by atoms with Crippen molar-refractivity contribution in [3.8, 4) is 0 Å². The van der Waals surface area contributed by atoms with E-state index < -0.39 is 5.09 Å². The molecule has 0 aliphatic heterocycles. The van der Waals surface area contributed by atoms with E-state index in [1.165, 1.54) is 0 Å². The standard InChI is InChI=1S/NO3.2H3N.Ni/c2-1(3)4;;;/h;2*1H3;/q-1;;;. The monoisotopic (exact) mass is 154 g/mol. The van der Waals surface area contributed by atoms with Crippen LogP contribution in [0.25, 0.3) is 0 Å². The van der Waals surface area contributed by atoms with Gasteiger partial charge in [0.1, 0.15) is 0 Å². The topological polar surface area (TPSA) is 136 Å². The average molecular weight is 155 g/mol. The largest absolute Gasteiger partial charge is 0.356 e. The van der Waals surface area contributed by atoms with Crippen molar-refractivity contribution in [3.63, 3.8) is 0 Å². The van der Waals surface area contributed by atoms with Crippen molar-refractivity contribution in [2.24, 2.45) is 0 Å². The normalized spacial score (nSPS) is 3.43. The molecule has 0 amide bonds. The van der Waals surface area contributed by atoms with Crippen LogP contribution >= 0.6 is 0 Å². The van der Waals surface area contributed by atoms with E-state index in [-0.39, 0.29) is 28.8 Å². The zero-order valence-corrected chi connectivity index (χ0v) is 4.39. The Kier molecular flexibility index (Phi) is 76.2. The van der Waals surface area contributed by atoms with Crippen molar-refractivity contribution in [1.82, 2.24) is 12.3 Å². The molecule has 0 saturated heterocycles. The molecule has 0 spiro atoms. The van der Waals surface area contributed by atoms with Crippen LogP contribution in [0.4, 0.5) is 0 Å². The first-order valence-electron chi connectivity index (χ1n) is 0.548. The van der Waals surface area contributed by atoms with Gasteiger partial charge in [-0.15, -0.1) is 0 Å². The molecule has 0 aliphatic rings. The second-order valence-electron chi connectivity index (χ2n) is 0.224. The molecule has 6 N–H and O–H groups in total. The molecule has 0 fully saturated rings. The van der Waals surface area contributed by atoms with E-state index in [0.717, 1.165) is 0 Å². The van der Waals surface area contributed by atoms with Crippen molar-refractivity contribution < 1.29 is 21.6 Å². The molecule has 0 rings (SSSR count). The van der Waals surface area contributed by atoms with Crippen molar-refractivity contribution in [3.05, 3.63) is 15.3 Å². The summed E-state index contributed by atoms with van der Waals surface area (Å²) < 4.78 is 0. The first-order chi connectivity index (χ1) is 1.73. The molecular formula is H6N3NiO3-. The number of nitrogens with zero attached hydrogens (tertiary/aromatic N) is 1. The van der Waals surface area contributed by atoms with Gasteiger partial charge in [0.25, 0.3) is 0 Å². The van der Waals surface area contributed by atoms with E-state index >= 15 is 0 Å². The van der Waals surface area contributed by atoms with E-state index in [0.29, 0.717) is 0 Å². The SMILES string of the molecule is N.N.O=[N+]([O-])[O-].[Ni]. The predicted molar refractivity (Wildman–Crippen MR) is 20.4 cm³/mol. The summed E-state index contributed by atoms with van der Waals surface area (Å²) in [5.74, 6) is 0. The number of hydrogen-bond donors (Lipinski definition) is 2. The van der Waals surface area contributed by atoms with Gasteiger partial charge in [0.05, 0.1) is 5.09 Å². The Morgan fingerprint density at radius 2 is 1.14 bits per heavy atom. The van der Waals surface area contributed by atoms with Gasteiger partial charge < -0.3 is 27.6 Å². The first kappa shape index (κ1) is 30.5. The maximum absolute atomic E-state index is 8.25. The van der Waals surface area contributed by atoms with Gasteiger partial charge >= 0.3 is 0 Å². The third kappa shape index (κ3) is 491. The van der Waals surface area contributed by atoms with Crippen molar-refractivity contribution in [1.29, 1.82) is 0 Å². The first-order valence-corrected chi connectivity index (χ1v) is 0.548. The molecule has 0 aromatic rings. The second-order valence-corrected chi connectivity index (χ2v) is 0.224. The Hall–Kier alpha value is -0.386. The Balaban J connectivity index is -0.0000000150. The zero-order valence-electron chi connectivity index (χ0n) is 3.40.